The van der Waals surface area contributed by atoms with E-state index in [1.807, 2.05) is 0 Å². The van der Waals surface area contributed by atoms with Gasteiger partial charge in [-0.1, -0.05) is 20.7 Å². The molecule has 8 heteroatoms. The Bertz CT molecular complexity index is 790. The van der Waals surface area contributed by atoms with Crippen LogP contribution in [0.5, 0.6) is 28.7 Å². The van der Waals surface area contributed by atoms with Crippen LogP contribution in [0.4, 0.5) is 0 Å². The average molecular weight is 456 g/mol. The maximum absolute atomic E-state index is 12.4. The molecule has 0 aliphatic rings. The van der Waals surface area contributed by atoms with Crippen LogP contribution in [0.15, 0.2) is 30.3 Å². The van der Waals surface area contributed by atoms with E-state index in [2.05, 4.69) is 16.6 Å². The number of rotatable bonds is 6. The third kappa shape index (κ3) is 4.01. The number of methoxy groups -OCH3 is 2. The summed E-state index contributed by atoms with van der Waals surface area (Å²) >= 11 is 1.28. The monoisotopic (exact) mass is 456 g/mol. The van der Waals surface area contributed by atoms with E-state index < -0.39 is 20.7 Å². The molecule has 0 aliphatic heterocycles. The largest absolute Gasteiger partial charge is 0.651 e. The Morgan fingerprint density at radius 3 is 2.42 bits per heavy atom. The minimum atomic E-state index is -0.779. The quantitative estimate of drug-likeness (QED) is 0.395. The lowest BCUT2D eigenvalue weighted by Gasteiger charge is -2.11. The molecule has 124 valence electrons. The molecule has 2 N–H and O–H groups in total. The molecule has 0 amide bonds. The summed E-state index contributed by atoms with van der Waals surface area (Å²) in [7, 11) is 2.79. The van der Waals surface area contributed by atoms with Crippen molar-refractivity contribution in [2.45, 2.75) is 0 Å². The minimum Gasteiger partial charge on any atom is -0.651 e. The van der Waals surface area contributed by atoms with Gasteiger partial charge in [0.25, 0.3) is 0 Å². The Hall–Kier alpha value is -1.76. The summed E-state index contributed by atoms with van der Waals surface area (Å²) in [5, 5.41) is 19.8. The Kier molecular flexibility index (Phi) is 6.48. The zero-order valence-electron chi connectivity index (χ0n) is 12.9. The molecule has 0 saturated carbocycles. The molecule has 0 bridgehead atoms. The molecule has 24 heavy (non-hydrogen) atoms. The Morgan fingerprint density at radius 1 is 1.12 bits per heavy atom. The second kappa shape index (κ2) is 8.37. The van der Waals surface area contributed by atoms with Crippen LogP contribution in [0.25, 0.3) is 0 Å². The second-order valence-corrected chi connectivity index (χ2v) is 7.24. The van der Waals surface area contributed by atoms with Gasteiger partial charge in [0, 0.05) is 7.58 Å². The van der Waals surface area contributed by atoms with Crippen LogP contribution in [-0.4, -0.2) is 50.9 Å². The molecule has 0 spiro atoms. The molecule has 2 rings (SSSR count). The number of ether oxygens (including phenoxy) is 2. The van der Waals surface area contributed by atoms with Crippen molar-refractivity contribution in [2.24, 2.45) is 0 Å². The highest BCUT2D eigenvalue weighted by molar-refractivity contribution is 14.2. The van der Waals surface area contributed by atoms with Crippen LogP contribution in [0.2, 0.25) is 0 Å². The number of hydrogen-bond acceptors (Lipinski definition) is 6. The molecule has 2 radical (unpaired) electrons. The first-order valence-corrected chi connectivity index (χ1v) is 9.46. The summed E-state index contributed by atoms with van der Waals surface area (Å²) in [6, 6.07) is 8.05. The summed E-state index contributed by atoms with van der Waals surface area (Å²) in [5.41, 5.74) is 0.254. The van der Waals surface area contributed by atoms with E-state index >= 15 is 0 Å². The highest BCUT2D eigenvalue weighted by Crippen LogP contribution is 2.39. The van der Waals surface area contributed by atoms with Crippen LogP contribution in [0.1, 0.15) is 10.4 Å². The van der Waals surface area contributed by atoms with Gasteiger partial charge in [-0.25, -0.2) is 0 Å². The molecule has 0 unspecified atom stereocenters. The number of hydrogen-bond donors (Lipinski definition) is 2. The maximum Gasteiger partial charge on any atom is 0.482 e. The van der Waals surface area contributed by atoms with Gasteiger partial charge in [-0.2, -0.15) is 0 Å². The second-order valence-electron chi connectivity index (χ2n) is 4.51. The highest BCUT2D eigenvalue weighted by Gasteiger charge is 2.17. The first-order valence-electron chi connectivity index (χ1n) is 6.66. The SMILES string of the molecule is COc1ccc(C(=O)C=Ic2ccc([O][Al])c(O)c2)c(OC)c1O. The Balaban J connectivity index is 2.29. The van der Waals surface area contributed by atoms with E-state index in [0.29, 0.717) is 5.75 Å². The van der Waals surface area contributed by atoms with Crippen molar-refractivity contribution in [2.75, 3.05) is 14.2 Å². The zero-order chi connectivity index (χ0) is 17.7. The van der Waals surface area contributed by atoms with Gasteiger partial charge in [0.05, 0.1) is 19.8 Å². The predicted octanol–water partition coefficient (Wildman–Crippen LogP) is 2.40. The van der Waals surface area contributed by atoms with Crippen molar-refractivity contribution in [3.05, 3.63) is 39.5 Å². The van der Waals surface area contributed by atoms with E-state index in [1.165, 1.54) is 20.3 Å². The van der Waals surface area contributed by atoms with Crippen molar-refractivity contribution in [3.8, 4) is 28.7 Å². The standard InChI is InChI=1S/C16H15IO6.Al/c1-22-14-6-4-10(16(23-2)15(14)21)13(20)8-17-9-3-5-11(18)12(19)7-9;/h3-8,18-19,21H,1-2H3;/q;+1/p-1. The van der Waals surface area contributed by atoms with Crippen molar-refractivity contribution >= 4 is 47.1 Å². The molecule has 6 nitrogen and oxygen atoms in total. The lowest BCUT2D eigenvalue weighted by atomic mass is 10.1. The third-order valence-electron chi connectivity index (χ3n) is 3.11. The summed E-state index contributed by atoms with van der Waals surface area (Å²) in [6.45, 7) is 0. The number of Topliss-reactive ketones (excluding diaryl/α,β-unsaturated/α-hetero) is 1. The fourth-order valence-corrected chi connectivity index (χ4v) is 3.99. The van der Waals surface area contributed by atoms with E-state index in [9.17, 15) is 15.0 Å². The predicted molar refractivity (Wildman–Crippen MR) is 98.8 cm³/mol. The highest BCUT2D eigenvalue weighted by atomic mass is 127. The van der Waals surface area contributed by atoms with Gasteiger partial charge in [0.15, 0.2) is 23.0 Å². The van der Waals surface area contributed by atoms with Crippen LogP contribution >= 0.6 is 20.7 Å². The molecule has 0 fully saturated rings. The Morgan fingerprint density at radius 2 is 1.83 bits per heavy atom. The fraction of sp³-hybridized carbons (Fsp3) is 0.125. The van der Waals surface area contributed by atoms with Crippen molar-refractivity contribution in [1.29, 1.82) is 0 Å². The van der Waals surface area contributed by atoms with Gasteiger partial charge in [-0.05, 0) is 30.3 Å². The number of phenols is 2. The Labute approximate surface area is 157 Å². The van der Waals surface area contributed by atoms with Gasteiger partial charge in [-0.15, -0.1) is 0 Å². The molecule has 2 aromatic rings. The maximum atomic E-state index is 12.4. The normalized spacial score (nSPS) is 10.9. The first kappa shape index (κ1) is 18.6. The van der Waals surface area contributed by atoms with Crippen LogP contribution in [0, 0.1) is 3.57 Å². The minimum absolute atomic E-state index is 0.0164. The molecule has 0 heterocycles. The van der Waals surface area contributed by atoms with Gasteiger partial charge in [-0.3, -0.25) is 4.79 Å². The van der Waals surface area contributed by atoms with E-state index in [-0.39, 0.29) is 34.3 Å². The van der Waals surface area contributed by atoms with Gasteiger partial charge in [0.1, 0.15) is 5.75 Å². The molecular weight excluding hydrogens is 442 g/mol. The summed E-state index contributed by atoms with van der Waals surface area (Å²) < 4.78 is 17.4. The van der Waals surface area contributed by atoms with Crippen molar-refractivity contribution in [1.82, 2.24) is 0 Å². The van der Waals surface area contributed by atoms with Gasteiger partial charge in [0.2, 0.25) is 5.75 Å². The number of ketones is 1. The number of benzene rings is 2. The smallest absolute Gasteiger partial charge is 0.482 e. The van der Waals surface area contributed by atoms with E-state index in [0.717, 1.165) is 3.57 Å². The molecule has 0 saturated heterocycles. The van der Waals surface area contributed by atoms with E-state index in [1.54, 1.807) is 28.3 Å². The topological polar surface area (TPSA) is 85.2 Å². The number of aromatic hydroxyl groups is 2. The zero-order valence-corrected chi connectivity index (χ0v) is 16.3. The summed E-state index contributed by atoms with van der Waals surface area (Å²) in [5.74, 6) is 0.203. The molecule has 0 atom stereocenters. The molecular formula is C16H14AlIO6. The third-order valence-corrected chi connectivity index (χ3v) is 5.63. The van der Waals surface area contributed by atoms with Crippen LogP contribution < -0.4 is 13.3 Å². The number of carbonyl (C=O) groups excluding carboxylic acids is 1. The molecule has 0 aromatic heterocycles. The van der Waals surface area contributed by atoms with E-state index in [4.69, 9.17) is 13.3 Å². The first-order chi connectivity index (χ1) is 11.5. The lowest BCUT2D eigenvalue weighted by Crippen LogP contribution is -2.03. The van der Waals surface area contributed by atoms with Gasteiger partial charge >= 0.3 is 16.6 Å². The average Bonchev–Trinajstić information content (AvgIpc) is 2.59. The number of phenolic OH excluding ortho intramolecular Hbond substituents is 2. The van der Waals surface area contributed by atoms with Crippen molar-refractivity contribution < 1.29 is 28.3 Å². The molecule has 0 aliphatic carbocycles. The van der Waals surface area contributed by atoms with Gasteiger partial charge < -0.3 is 23.5 Å². The number of carbonyl (C=O) groups is 1. The summed E-state index contributed by atoms with van der Waals surface area (Å²) in [4.78, 5) is 12.4. The van der Waals surface area contributed by atoms with Crippen LogP contribution in [-0.2, 0) is 0 Å². The van der Waals surface area contributed by atoms with Crippen LogP contribution in [0.3, 0.4) is 0 Å². The number of halogens is 1. The fourth-order valence-electron chi connectivity index (χ4n) is 1.95. The lowest BCUT2D eigenvalue weighted by molar-refractivity contribution is 0.107. The van der Waals surface area contributed by atoms with Crippen molar-refractivity contribution in [3.63, 3.8) is 0 Å². The summed E-state index contributed by atoms with van der Waals surface area (Å²) in [6.07, 6.45) is 0. The molecule has 2 aromatic carbocycles.